The molecule has 2 aromatic rings. The van der Waals surface area contributed by atoms with Crippen LogP contribution < -0.4 is 10.0 Å². The lowest BCUT2D eigenvalue weighted by Crippen LogP contribution is -2.15. The van der Waals surface area contributed by atoms with E-state index in [-0.39, 0.29) is 27.8 Å². The molecule has 0 aromatic heterocycles. The molecule has 2 aromatic carbocycles. The Morgan fingerprint density at radius 2 is 1.80 bits per heavy atom. The highest BCUT2D eigenvalue weighted by Crippen LogP contribution is 2.34. The second-order valence-corrected chi connectivity index (χ2v) is 8.57. The minimum Gasteiger partial charge on any atom is -0.326 e. The quantitative estimate of drug-likeness (QED) is 0.679. The van der Waals surface area contributed by atoms with E-state index in [4.69, 9.17) is 23.2 Å². The maximum absolute atomic E-state index is 13.3. The van der Waals surface area contributed by atoms with Gasteiger partial charge in [0.2, 0.25) is 15.9 Å². The number of halogens is 4. The van der Waals surface area contributed by atoms with Crippen LogP contribution in [-0.2, 0) is 21.2 Å². The molecule has 0 aliphatic carbocycles. The van der Waals surface area contributed by atoms with Crippen LogP contribution in [-0.4, -0.2) is 20.6 Å². The van der Waals surface area contributed by atoms with E-state index < -0.39 is 21.7 Å². The third kappa shape index (κ3) is 5.85. The number of rotatable bonds is 5. The van der Waals surface area contributed by atoms with Gasteiger partial charge in [0, 0.05) is 10.2 Å². The molecular weight excluding hydrogens is 458 g/mol. The fraction of sp³-hybridized carbons (Fsp3) is 0.133. The fourth-order valence-corrected chi connectivity index (χ4v) is 3.66. The average Bonchev–Trinajstić information content (AvgIpc) is 2.46. The number of benzene rings is 2. The van der Waals surface area contributed by atoms with Gasteiger partial charge in [-0.15, -0.1) is 0 Å². The molecule has 0 saturated heterocycles. The molecule has 0 atom stereocenters. The lowest BCUT2D eigenvalue weighted by Gasteiger charge is -2.12. The van der Waals surface area contributed by atoms with Crippen molar-refractivity contribution in [2.24, 2.45) is 0 Å². The summed E-state index contributed by atoms with van der Waals surface area (Å²) in [5, 5.41) is 2.64. The molecule has 0 heterocycles. The molecule has 0 spiro atoms. The van der Waals surface area contributed by atoms with Gasteiger partial charge in [-0.05, 0) is 35.9 Å². The van der Waals surface area contributed by atoms with Crippen molar-refractivity contribution >= 4 is 66.4 Å². The number of anilines is 2. The van der Waals surface area contributed by atoms with Crippen molar-refractivity contribution in [2.75, 3.05) is 16.3 Å². The van der Waals surface area contributed by atoms with E-state index in [9.17, 15) is 17.6 Å². The van der Waals surface area contributed by atoms with Crippen molar-refractivity contribution < 1.29 is 17.6 Å². The zero-order valence-corrected chi connectivity index (χ0v) is 16.7. The van der Waals surface area contributed by atoms with Crippen LogP contribution in [0, 0.1) is 5.82 Å². The minimum absolute atomic E-state index is 0.0247. The Morgan fingerprint density at radius 3 is 2.36 bits per heavy atom. The minimum atomic E-state index is -3.55. The SMILES string of the molecule is CS(=O)(=O)Nc1c(Cl)cc(NC(=O)Cc2cc(F)ccc2Br)cc1Cl. The smallest absolute Gasteiger partial charge is 0.229 e. The van der Waals surface area contributed by atoms with E-state index in [1.54, 1.807) is 0 Å². The summed E-state index contributed by atoms with van der Waals surface area (Å²) in [6, 6.07) is 6.76. The second kappa shape index (κ2) is 7.90. The first-order valence-electron chi connectivity index (χ1n) is 6.76. The Balaban J connectivity index is 2.17. The predicted molar refractivity (Wildman–Crippen MR) is 101 cm³/mol. The number of carbonyl (C=O) groups excluding carboxylic acids is 1. The first-order valence-corrected chi connectivity index (χ1v) is 10.2. The van der Waals surface area contributed by atoms with E-state index in [1.165, 1.54) is 30.3 Å². The van der Waals surface area contributed by atoms with Crippen LogP contribution in [0.25, 0.3) is 0 Å². The summed E-state index contributed by atoms with van der Waals surface area (Å²) in [7, 11) is -3.55. The molecule has 0 saturated carbocycles. The van der Waals surface area contributed by atoms with Crippen LogP contribution in [0.2, 0.25) is 10.0 Å². The summed E-state index contributed by atoms with van der Waals surface area (Å²) in [6.45, 7) is 0. The zero-order valence-electron chi connectivity index (χ0n) is 12.7. The van der Waals surface area contributed by atoms with Crippen molar-refractivity contribution in [3.05, 3.63) is 56.2 Å². The van der Waals surface area contributed by atoms with Gasteiger partial charge in [-0.3, -0.25) is 9.52 Å². The maximum atomic E-state index is 13.3. The molecule has 10 heteroatoms. The lowest BCUT2D eigenvalue weighted by atomic mass is 10.1. The van der Waals surface area contributed by atoms with Crippen LogP contribution in [0.1, 0.15) is 5.56 Å². The molecule has 134 valence electrons. The Morgan fingerprint density at radius 1 is 1.20 bits per heavy atom. The highest BCUT2D eigenvalue weighted by molar-refractivity contribution is 9.10. The summed E-state index contributed by atoms with van der Waals surface area (Å²) in [5.74, 6) is -0.865. The number of carbonyl (C=O) groups is 1. The molecule has 25 heavy (non-hydrogen) atoms. The number of amides is 1. The Labute approximate surface area is 162 Å². The van der Waals surface area contributed by atoms with E-state index in [0.717, 1.165) is 6.26 Å². The molecule has 0 unspecified atom stereocenters. The van der Waals surface area contributed by atoms with Gasteiger partial charge in [0.25, 0.3) is 0 Å². The van der Waals surface area contributed by atoms with Gasteiger partial charge in [-0.1, -0.05) is 39.1 Å². The van der Waals surface area contributed by atoms with Crippen LogP contribution in [0.3, 0.4) is 0 Å². The standard InChI is InChI=1S/C15H12BrCl2FN2O3S/c1-25(23,24)21-15-12(17)6-10(7-13(15)18)20-14(22)5-8-4-9(19)2-3-11(8)16/h2-4,6-7,21H,5H2,1H3,(H,20,22). The number of nitrogens with one attached hydrogen (secondary N) is 2. The number of sulfonamides is 1. The average molecular weight is 470 g/mol. The molecule has 5 nitrogen and oxygen atoms in total. The molecule has 0 aliphatic heterocycles. The van der Waals surface area contributed by atoms with Crippen molar-refractivity contribution in [3.63, 3.8) is 0 Å². The highest BCUT2D eigenvalue weighted by atomic mass is 79.9. The van der Waals surface area contributed by atoms with Crippen LogP contribution in [0.5, 0.6) is 0 Å². The van der Waals surface area contributed by atoms with Crippen molar-refractivity contribution in [1.82, 2.24) is 0 Å². The molecule has 2 N–H and O–H groups in total. The topological polar surface area (TPSA) is 75.3 Å². The maximum Gasteiger partial charge on any atom is 0.229 e. The zero-order chi connectivity index (χ0) is 18.8. The molecule has 1 amide bonds. The Bertz CT molecular complexity index is 915. The molecular formula is C15H12BrCl2FN2O3S. The predicted octanol–water partition coefficient (Wildman–Crippen LogP) is 4.45. The van der Waals surface area contributed by atoms with Crippen molar-refractivity contribution in [3.8, 4) is 0 Å². The second-order valence-electron chi connectivity index (χ2n) is 5.15. The monoisotopic (exact) mass is 468 g/mol. The van der Waals surface area contributed by atoms with E-state index in [0.29, 0.717) is 10.0 Å². The summed E-state index contributed by atoms with van der Waals surface area (Å²) in [5.41, 5.74) is 0.786. The summed E-state index contributed by atoms with van der Waals surface area (Å²) in [4.78, 5) is 12.1. The van der Waals surface area contributed by atoms with Crippen LogP contribution >= 0.6 is 39.1 Å². The number of hydrogen-bond donors (Lipinski definition) is 2. The third-order valence-electron chi connectivity index (χ3n) is 2.97. The highest BCUT2D eigenvalue weighted by Gasteiger charge is 2.14. The Hall–Kier alpha value is -1.35. The molecule has 0 fully saturated rings. The summed E-state index contributed by atoms with van der Waals surface area (Å²) < 4.78 is 38.7. The first-order chi connectivity index (χ1) is 11.5. The molecule has 2 rings (SSSR count). The van der Waals surface area contributed by atoms with Crippen LogP contribution in [0.4, 0.5) is 15.8 Å². The summed E-state index contributed by atoms with van der Waals surface area (Å²) >= 11 is 15.3. The third-order valence-corrected chi connectivity index (χ3v) is 4.92. The van der Waals surface area contributed by atoms with Gasteiger partial charge in [-0.25, -0.2) is 12.8 Å². The first kappa shape index (κ1) is 20.0. The van der Waals surface area contributed by atoms with Gasteiger partial charge in [0.05, 0.1) is 28.4 Å². The lowest BCUT2D eigenvalue weighted by molar-refractivity contribution is -0.115. The normalized spacial score (nSPS) is 11.2. The molecule has 0 bridgehead atoms. The van der Waals surface area contributed by atoms with Gasteiger partial charge in [0.1, 0.15) is 5.82 Å². The van der Waals surface area contributed by atoms with Gasteiger partial charge in [0.15, 0.2) is 0 Å². The number of hydrogen-bond acceptors (Lipinski definition) is 3. The van der Waals surface area contributed by atoms with Crippen LogP contribution in [0.15, 0.2) is 34.8 Å². The van der Waals surface area contributed by atoms with Crippen molar-refractivity contribution in [2.45, 2.75) is 6.42 Å². The Kier molecular flexibility index (Phi) is 6.31. The fourth-order valence-electron chi connectivity index (χ4n) is 1.99. The molecule has 0 radical (unpaired) electrons. The van der Waals surface area contributed by atoms with Crippen molar-refractivity contribution in [1.29, 1.82) is 0 Å². The summed E-state index contributed by atoms with van der Waals surface area (Å²) in [6.07, 6.45) is 0.892. The van der Waals surface area contributed by atoms with E-state index >= 15 is 0 Å². The largest absolute Gasteiger partial charge is 0.326 e. The van der Waals surface area contributed by atoms with Gasteiger partial charge >= 0.3 is 0 Å². The van der Waals surface area contributed by atoms with Gasteiger partial charge in [-0.2, -0.15) is 0 Å². The van der Waals surface area contributed by atoms with E-state index in [1.807, 2.05) is 0 Å². The molecule has 0 aliphatic rings. The van der Waals surface area contributed by atoms with Gasteiger partial charge < -0.3 is 5.32 Å². The van der Waals surface area contributed by atoms with E-state index in [2.05, 4.69) is 26.0 Å².